The summed E-state index contributed by atoms with van der Waals surface area (Å²) >= 11 is 0. The third kappa shape index (κ3) is 2.43. The van der Waals surface area contributed by atoms with Gasteiger partial charge in [-0.25, -0.2) is 4.68 Å². The number of methoxy groups -OCH3 is 1. The van der Waals surface area contributed by atoms with Crippen molar-refractivity contribution in [2.45, 2.75) is 6.92 Å². The third-order valence-corrected chi connectivity index (χ3v) is 3.30. The van der Waals surface area contributed by atoms with Gasteiger partial charge in [-0.3, -0.25) is 0 Å². The normalized spacial score (nSPS) is 10.5. The van der Waals surface area contributed by atoms with Crippen LogP contribution in [0.1, 0.15) is 5.56 Å². The lowest BCUT2D eigenvalue weighted by atomic mass is 10.1. The van der Waals surface area contributed by atoms with Crippen LogP contribution in [-0.2, 0) is 0 Å². The molecule has 20 heavy (non-hydrogen) atoms. The molecule has 2 aromatic carbocycles. The molecule has 0 spiro atoms. The quantitative estimate of drug-likeness (QED) is 0.718. The van der Waals surface area contributed by atoms with Gasteiger partial charge in [-0.2, -0.15) is 5.10 Å². The third-order valence-electron chi connectivity index (χ3n) is 3.30. The van der Waals surface area contributed by atoms with Crippen LogP contribution < -0.4 is 4.74 Å². The molecule has 0 aliphatic rings. The first-order valence-electron chi connectivity index (χ1n) is 6.52. The summed E-state index contributed by atoms with van der Waals surface area (Å²) in [6.07, 6.45) is 3.92. The van der Waals surface area contributed by atoms with Crippen molar-refractivity contribution in [2.75, 3.05) is 7.11 Å². The Hall–Kier alpha value is -2.55. The monoisotopic (exact) mass is 264 g/mol. The summed E-state index contributed by atoms with van der Waals surface area (Å²) < 4.78 is 7.03. The first-order chi connectivity index (χ1) is 9.76. The molecule has 0 unspecified atom stereocenters. The molecule has 100 valence electrons. The second-order valence-corrected chi connectivity index (χ2v) is 4.74. The highest BCUT2D eigenvalue weighted by Crippen LogP contribution is 2.21. The highest BCUT2D eigenvalue weighted by atomic mass is 16.5. The Morgan fingerprint density at radius 3 is 2.25 bits per heavy atom. The summed E-state index contributed by atoms with van der Waals surface area (Å²) in [4.78, 5) is 0. The topological polar surface area (TPSA) is 27.1 Å². The van der Waals surface area contributed by atoms with E-state index in [0.29, 0.717) is 0 Å². The van der Waals surface area contributed by atoms with E-state index in [9.17, 15) is 0 Å². The maximum Gasteiger partial charge on any atom is 0.119 e. The van der Waals surface area contributed by atoms with E-state index < -0.39 is 0 Å². The molecule has 3 heteroatoms. The van der Waals surface area contributed by atoms with Gasteiger partial charge in [-0.15, -0.1) is 0 Å². The fraction of sp³-hybridized carbons (Fsp3) is 0.118. The standard InChI is InChI=1S/C17H16N2O/c1-13-3-5-14(6-4-13)15-11-18-19(12-15)16-7-9-17(20-2)10-8-16/h3-12H,1-2H3. The van der Waals surface area contributed by atoms with Gasteiger partial charge in [0.2, 0.25) is 0 Å². The van der Waals surface area contributed by atoms with Crippen LogP contribution in [0, 0.1) is 6.92 Å². The molecule has 0 amide bonds. The minimum atomic E-state index is 0.847. The zero-order valence-electron chi connectivity index (χ0n) is 11.6. The van der Waals surface area contributed by atoms with E-state index in [1.807, 2.05) is 41.3 Å². The minimum absolute atomic E-state index is 0.847. The molecule has 3 aromatic rings. The van der Waals surface area contributed by atoms with Crippen LogP contribution in [0.25, 0.3) is 16.8 Å². The Labute approximate surface area is 118 Å². The molecule has 0 aliphatic carbocycles. The zero-order chi connectivity index (χ0) is 13.9. The molecule has 0 fully saturated rings. The van der Waals surface area contributed by atoms with Crippen LogP contribution in [-0.4, -0.2) is 16.9 Å². The molecule has 0 N–H and O–H groups in total. The molecular weight excluding hydrogens is 248 g/mol. The van der Waals surface area contributed by atoms with Crippen molar-refractivity contribution < 1.29 is 4.74 Å². The summed E-state index contributed by atoms with van der Waals surface area (Å²) in [5, 5.41) is 4.42. The number of hydrogen-bond donors (Lipinski definition) is 0. The number of benzene rings is 2. The summed E-state index contributed by atoms with van der Waals surface area (Å²) in [6.45, 7) is 2.09. The Morgan fingerprint density at radius 1 is 0.900 bits per heavy atom. The van der Waals surface area contributed by atoms with Crippen LogP contribution in [0.5, 0.6) is 5.75 Å². The van der Waals surface area contributed by atoms with E-state index in [2.05, 4.69) is 36.3 Å². The second kappa shape index (κ2) is 5.21. The largest absolute Gasteiger partial charge is 0.497 e. The molecular formula is C17H16N2O. The van der Waals surface area contributed by atoms with Crippen molar-refractivity contribution in [1.82, 2.24) is 9.78 Å². The number of ether oxygens (including phenoxy) is 1. The average Bonchev–Trinajstić information content (AvgIpc) is 2.98. The number of hydrogen-bond acceptors (Lipinski definition) is 2. The zero-order valence-corrected chi connectivity index (χ0v) is 11.6. The van der Waals surface area contributed by atoms with Gasteiger partial charge < -0.3 is 4.74 Å². The maximum atomic E-state index is 5.16. The number of rotatable bonds is 3. The van der Waals surface area contributed by atoms with Crippen molar-refractivity contribution in [3.63, 3.8) is 0 Å². The van der Waals surface area contributed by atoms with Crippen LogP contribution >= 0.6 is 0 Å². The van der Waals surface area contributed by atoms with Crippen LogP contribution in [0.15, 0.2) is 60.9 Å². The van der Waals surface area contributed by atoms with Gasteiger partial charge in [0.15, 0.2) is 0 Å². The SMILES string of the molecule is COc1ccc(-n2cc(-c3ccc(C)cc3)cn2)cc1. The van der Waals surface area contributed by atoms with Gasteiger partial charge >= 0.3 is 0 Å². The van der Waals surface area contributed by atoms with Gasteiger partial charge in [0.05, 0.1) is 19.0 Å². The highest BCUT2D eigenvalue weighted by Gasteiger charge is 2.03. The molecule has 0 saturated carbocycles. The van der Waals surface area contributed by atoms with Crippen LogP contribution in [0.4, 0.5) is 0 Å². The number of aryl methyl sites for hydroxylation is 1. The lowest BCUT2D eigenvalue weighted by Gasteiger charge is -2.03. The number of nitrogens with zero attached hydrogens (tertiary/aromatic N) is 2. The van der Waals surface area contributed by atoms with E-state index in [0.717, 1.165) is 17.0 Å². The first kappa shape index (κ1) is 12.5. The van der Waals surface area contributed by atoms with Crippen LogP contribution in [0.3, 0.4) is 0 Å². The summed E-state index contributed by atoms with van der Waals surface area (Å²) in [7, 11) is 1.67. The highest BCUT2D eigenvalue weighted by molar-refractivity contribution is 5.62. The number of aromatic nitrogens is 2. The van der Waals surface area contributed by atoms with Gasteiger partial charge in [0.1, 0.15) is 5.75 Å². The lowest BCUT2D eigenvalue weighted by molar-refractivity contribution is 0.414. The van der Waals surface area contributed by atoms with Gasteiger partial charge in [0, 0.05) is 11.8 Å². The van der Waals surface area contributed by atoms with Crippen LogP contribution in [0.2, 0.25) is 0 Å². The molecule has 0 radical (unpaired) electrons. The van der Waals surface area contributed by atoms with Gasteiger partial charge in [-0.1, -0.05) is 29.8 Å². The van der Waals surface area contributed by atoms with Crippen molar-refractivity contribution in [3.05, 3.63) is 66.5 Å². The fourth-order valence-electron chi connectivity index (χ4n) is 2.09. The molecule has 0 atom stereocenters. The van der Waals surface area contributed by atoms with E-state index >= 15 is 0 Å². The van der Waals surface area contributed by atoms with E-state index in [-0.39, 0.29) is 0 Å². The Kier molecular flexibility index (Phi) is 3.25. The molecule has 1 heterocycles. The molecule has 0 aliphatic heterocycles. The predicted octanol–water partition coefficient (Wildman–Crippen LogP) is 3.86. The Morgan fingerprint density at radius 2 is 1.60 bits per heavy atom. The van der Waals surface area contributed by atoms with E-state index in [4.69, 9.17) is 4.74 Å². The molecule has 0 saturated heterocycles. The average molecular weight is 264 g/mol. The lowest BCUT2D eigenvalue weighted by Crippen LogP contribution is -1.93. The van der Waals surface area contributed by atoms with Gasteiger partial charge in [0.25, 0.3) is 0 Å². The summed E-state index contributed by atoms with van der Waals surface area (Å²) in [5.74, 6) is 0.847. The summed E-state index contributed by atoms with van der Waals surface area (Å²) in [6, 6.07) is 16.3. The molecule has 1 aromatic heterocycles. The van der Waals surface area contributed by atoms with E-state index in [1.165, 1.54) is 11.1 Å². The predicted molar refractivity (Wildman–Crippen MR) is 80.3 cm³/mol. The van der Waals surface area contributed by atoms with Crippen molar-refractivity contribution >= 4 is 0 Å². The van der Waals surface area contributed by atoms with E-state index in [1.54, 1.807) is 7.11 Å². The molecule has 3 rings (SSSR count). The second-order valence-electron chi connectivity index (χ2n) is 4.74. The minimum Gasteiger partial charge on any atom is -0.497 e. The Bertz CT molecular complexity index is 697. The first-order valence-corrected chi connectivity index (χ1v) is 6.52. The summed E-state index contributed by atoms with van der Waals surface area (Å²) in [5.41, 5.74) is 4.57. The molecule has 0 bridgehead atoms. The molecule has 3 nitrogen and oxygen atoms in total. The smallest absolute Gasteiger partial charge is 0.119 e. The van der Waals surface area contributed by atoms with Crippen molar-refractivity contribution in [3.8, 4) is 22.6 Å². The Balaban J connectivity index is 1.91. The maximum absolute atomic E-state index is 5.16. The van der Waals surface area contributed by atoms with Crippen molar-refractivity contribution in [2.24, 2.45) is 0 Å². The fourth-order valence-corrected chi connectivity index (χ4v) is 2.09. The van der Waals surface area contributed by atoms with Crippen molar-refractivity contribution in [1.29, 1.82) is 0 Å². The van der Waals surface area contributed by atoms with Gasteiger partial charge in [-0.05, 0) is 36.8 Å².